The zero-order valence-corrected chi connectivity index (χ0v) is 12.9. The average molecular weight is 305 g/mol. The van der Waals surface area contributed by atoms with E-state index in [2.05, 4.69) is 20.2 Å². The highest BCUT2D eigenvalue weighted by Gasteiger charge is 2.04. The molecule has 0 heterocycles. The Morgan fingerprint density at radius 2 is 1.82 bits per heavy atom. The van der Waals surface area contributed by atoms with Crippen LogP contribution in [0.3, 0.4) is 0 Å². The first-order chi connectivity index (χ1) is 10.4. The van der Waals surface area contributed by atoms with E-state index in [4.69, 9.17) is 17.2 Å². The van der Waals surface area contributed by atoms with Gasteiger partial charge in [-0.25, -0.2) is 4.99 Å². The molecule has 0 aliphatic rings. The largest absolute Gasteiger partial charge is 0.370 e. The van der Waals surface area contributed by atoms with Gasteiger partial charge >= 0.3 is 0 Å². The van der Waals surface area contributed by atoms with E-state index in [1.807, 2.05) is 14.1 Å². The van der Waals surface area contributed by atoms with Crippen LogP contribution in [0.25, 0.3) is 0 Å². The number of rotatable bonds is 6. The van der Waals surface area contributed by atoms with Gasteiger partial charge in [-0.05, 0) is 51.3 Å². The monoisotopic (exact) mass is 305 g/mol. The van der Waals surface area contributed by atoms with Crippen molar-refractivity contribution in [2.24, 2.45) is 27.2 Å². The van der Waals surface area contributed by atoms with Crippen LogP contribution in [0.2, 0.25) is 0 Å². The summed E-state index contributed by atoms with van der Waals surface area (Å²) < 4.78 is 0. The Hall–Kier alpha value is -2.61. The van der Waals surface area contributed by atoms with Crippen LogP contribution in [0.5, 0.6) is 0 Å². The molecule has 0 fully saturated rings. The van der Waals surface area contributed by atoms with Crippen molar-refractivity contribution >= 4 is 23.5 Å². The first-order valence-electron chi connectivity index (χ1n) is 6.85. The van der Waals surface area contributed by atoms with Gasteiger partial charge in [0.15, 0.2) is 5.96 Å². The fourth-order valence-electron chi connectivity index (χ4n) is 1.68. The number of amides is 1. The molecule has 8 nitrogen and oxygen atoms in total. The quantitative estimate of drug-likeness (QED) is 0.322. The first-order valence-corrected chi connectivity index (χ1v) is 6.85. The number of nitrogens with two attached hydrogens (primary N) is 3. The van der Waals surface area contributed by atoms with Crippen LogP contribution in [0, 0.1) is 0 Å². The Morgan fingerprint density at radius 3 is 2.36 bits per heavy atom. The van der Waals surface area contributed by atoms with Crippen LogP contribution in [0.4, 0.5) is 5.69 Å². The highest BCUT2D eigenvalue weighted by molar-refractivity contribution is 5.95. The lowest BCUT2D eigenvalue weighted by Crippen LogP contribution is -2.27. The molecular weight excluding hydrogens is 282 g/mol. The van der Waals surface area contributed by atoms with Gasteiger partial charge in [0.25, 0.3) is 5.91 Å². The van der Waals surface area contributed by atoms with E-state index in [0.717, 1.165) is 13.0 Å². The van der Waals surface area contributed by atoms with Crippen molar-refractivity contribution in [3.63, 3.8) is 0 Å². The van der Waals surface area contributed by atoms with Crippen molar-refractivity contribution in [1.29, 1.82) is 0 Å². The van der Waals surface area contributed by atoms with Gasteiger partial charge in [-0.15, -0.1) is 0 Å². The van der Waals surface area contributed by atoms with Crippen molar-refractivity contribution in [3.05, 3.63) is 29.8 Å². The van der Waals surface area contributed by atoms with Crippen LogP contribution in [0.1, 0.15) is 16.8 Å². The van der Waals surface area contributed by atoms with Crippen molar-refractivity contribution in [2.75, 3.05) is 27.2 Å². The third kappa shape index (κ3) is 6.71. The smallest absolute Gasteiger partial charge is 0.251 e. The van der Waals surface area contributed by atoms with E-state index in [9.17, 15) is 4.79 Å². The van der Waals surface area contributed by atoms with Gasteiger partial charge in [0, 0.05) is 12.1 Å². The van der Waals surface area contributed by atoms with Crippen LogP contribution in [-0.2, 0) is 0 Å². The van der Waals surface area contributed by atoms with E-state index in [0.29, 0.717) is 17.8 Å². The molecule has 0 radical (unpaired) electrons. The van der Waals surface area contributed by atoms with Crippen molar-refractivity contribution in [1.82, 2.24) is 10.2 Å². The molecule has 0 aliphatic carbocycles. The third-order valence-electron chi connectivity index (χ3n) is 2.68. The van der Waals surface area contributed by atoms with E-state index in [1.165, 1.54) is 0 Å². The molecule has 0 saturated carbocycles. The minimum atomic E-state index is -0.157. The highest BCUT2D eigenvalue weighted by atomic mass is 16.1. The minimum absolute atomic E-state index is 0.0408. The summed E-state index contributed by atoms with van der Waals surface area (Å²) in [5.41, 5.74) is 17.0. The standard InChI is InChI=1S/C14H23N7O/c1-21(2)9-3-8-18-12(22)10-4-6-11(7-5-10)19-14(17)20-13(15)16/h4-7H,3,8-9H2,1-2H3,(H,18,22)(H6,15,16,17,19,20). The second kappa shape index (κ2) is 8.63. The predicted octanol–water partition coefficient (Wildman–Crippen LogP) is -0.412. The van der Waals surface area contributed by atoms with Crippen molar-refractivity contribution in [2.45, 2.75) is 6.42 Å². The Balaban J connectivity index is 2.57. The number of carbonyl (C=O) groups is 1. The topological polar surface area (TPSA) is 135 Å². The molecule has 22 heavy (non-hydrogen) atoms. The number of aliphatic imine (C=N–C) groups is 2. The lowest BCUT2D eigenvalue weighted by molar-refractivity contribution is 0.0952. The second-order valence-corrected chi connectivity index (χ2v) is 4.97. The summed E-state index contributed by atoms with van der Waals surface area (Å²) in [6, 6.07) is 6.68. The molecule has 1 aromatic carbocycles. The summed E-state index contributed by atoms with van der Waals surface area (Å²) in [5.74, 6) is -0.317. The molecule has 0 aromatic heterocycles. The third-order valence-corrected chi connectivity index (χ3v) is 2.68. The molecule has 0 atom stereocenters. The number of guanidine groups is 2. The fourth-order valence-corrected chi connectivity index (χ4v) is 1.68. The summed E-state index contributed by atoms with van der Waals surface area (Å²) in [5, 5.41) is 2.86. The molecule has 1 amide bonds. The Bertz CT molecular complexity index is 545. The van der Waals surface area contributed by atoms with E-state index < -0.39 is 0 Å². The molecule has 0 bridgehead atoms. The van der Waals surface area contributed by atoms with E-state index >= 15 is 0 Å². The molecule has 1 rings (SSSR count). The van der Waals surface area contributed by atoms with E-state index in [-0.39, 0.29) is 17.8 Å². The SMILES string of the molecule is CN(C)CCCNC(=O)c1ccc(N=C(N)N=C(N)N)cc1. The number of benzene rings is 1. The zero-order chi connectivity index (χ0) is 16.5. The first kappa shape index (κ1) is 17.4. The van der Waals surface area contributed by atoms with E-state index in [1.54, 1.807) is 24.3 Å². The highest BCUT2D eigenvalue weighted by Crippen LogP contribution is 2.13. The van der Waals surface area contributed by atoms with Gasteiger partial charge in [0.05, 0.1) is 5.69 Å². The van der Waals surface area contributed by atoms with Gasteiger partial charge in [-0.1, -0.05) is 0 Å². The Morgan fingerprint density at radius 1 is 1.18 bits per heavy atom. The molecule has 1 aromatic rings. The second-order valence-electron chi connectivity index (χ2n) is 4.97. The summed E-state index contributed by atoms with van der Waals surface area (Å²) in [6.07, 6.45) is 0.899. The molecule has 0 unspecified atom stereocenters. The Kier molecular flexibility index (Phi) is 6.84. The Labute approximate surface area is 130 Å². The summed E-state index contributed by atoms with van der Waals surface area (Å²) >= 11 is 0. The maximum Gasteiger partial charge on any atom is 0.251 e. The lowest BCUT2D eigenvalue weighted by Gasteiger charge is -2.09. The molecule has 0 spiro atoms. The zero-order valence-electron chi connectivity index (χ0n) is 12.9. The van der Waals surface area contributed by atoms with Crippen molar-refractivity contribution in [3.8, 4) is 0 Å². The average Bonchev–Trinajstić information content (AvgIpc) is 2.43. The number of carbonyl (C=O) groups excluding carboxylic acids is 1. The normalized spacial score (nSPS) is 11.3. The lowest BCUT2D eigenvalue weighted by atomic mass is 10.2. The summed E-state index contributed by atoms with van der Waals surface area (Å²) in [4.78, 5) is 21.6. The molecule has 8 heteroatoms. The van der Waals surface area contributed by atoms with Gasteiger partial charge in [-0.2, -0.15) is 4.99 Å². The van der Waals surface area contributed by atoms with Gasteiger partial charge < -0.3 is 27.4 Å². The molecule has 0 saturated heterocycles. The summed E-state index contributed by atoms with van der Waals surface area (Å²) in [6.45, 7) is 1.56. The number of nitrogens with zero attached hydrogens (tertiary/aromatic N) is 3. The molecule has 0 aliphatic heterocycles. The van der Waals surface area contributed by atoms with Gasteiger partial charge in [0.1, 0.15) is 0 Å². The maximum absolute atomic E-state index is 11.9. The van der Waals surface area contributed by atoms with Crippen molar-refractivity contribution < 1.29 is 4.79 Å². The predicted molar refractivity (Wildman–Crippen MR) is 89.0 cm³/mol. The van der Waals surface area contributed by atoms with Gasteiger partial charge in [0.2, 0.25) is 5.96 Å². The van der Waals surface area contributed by atoms with Crippen LogP contribution >= 0.6 is 0 Å². The molecular formula is C14H23N7O. The summed E-state index contributed by atoms with van der Waals surface area (Å²) in [7, 11) is 3.99. The number of nitrogens with one attached hydrogen (secondary N) is 1. The van der Waals surface area contributed by atoms with Gasteiger partial charge in [-0.3, -0.25) is 4.79 Å². The molecule has 120 valence electrons. The maximum atomic E-state index is 11.9. The minimum Gasteiger partial charge on any atom is -0.370 e. The van der Waals surface area contributed by atoms with Crippen LogP contribution < -0.4 is 22.5 Å². The van der Waals surface area contributed by atoms with Crippen LogP contribution in [0.15, 0.2) is 34.3 Å². The molecule has 7 N–H and O–H groups in total. The van der Waals surface area contributed by atoms with Crippen LogP contribution in [-0.4, -0.2) is 49.9 Å². The number of hydrogen-bond acceptors (Lipinski definition) is 3. The fraction of sp³-hybridized carbons (Fsp3) is 0.357. The number of hydrogen-bond donors (Lipinski definition) is 4.